The predicted molar refractivity (Wildman–Crippen MR) is 102 cm³/mol. The molecule has 27 heavy (non-hydrogen) atoms. The van der Waals surface area contributed by atoms with Crippen molar-refractivity contribution in [1.29, 1.82) is 0 Å². The van der Waals surface area contributed by atoms with Crippen molar-refractivity contribution < 1.29 is 22.7 Å². The highest BCUT2D eigenvalue weighted by atomic mass is 32.2. The van der Waals surface area contributed by atoms with Gasteiger partial charge in [-0.3, -0.25) is 9.69 Å². The molecule has 0 unspecified atom stereocenters. The number of hydrogen-bond donors (Lipinski definition) is 1. The summed E-state index contributed by atoms with van der Waals surface area (Å²) in [5, 5.41) is 2.73. The summed E-state index contributed by atoms with van der Waals surface area (Å²) in [4.78, 5) is 14.3. The van der Waals surface area contributed by atoms with Crippen molar-refractivity contribution in [2.45, 2.75) is 11.4 Å². The van der Waals surface area contributed by atoms with E-state index in [9.17, 15) is 13.2 Å². The smallest absolute Gasteiger partial charge is 0.238 e. The van der Waals surface area contributed by atoms with E-state index >= 15 is 0 Å². The van der Waals surface area contributed by atoms with E-state index in [0.717, 1.165) is 17.6 Å². The second-order valence-corrected chi connectivity index (χ2v) is 8.51. The van der Waals surface area contributed by atoms with Crippen LogP contribution >= 0.6 is 0 Å². The predicted octanol–water partition coefficient (Wildman–Crippen LogP) is 1.93. The highest BCUT2D eigenvalue weighted by Crippen LogP contribution is 2.31. The minimum atomic E-state index is -3.32. The van der Waals surface area contributed by atoms with E-state index in [1.54, 1.807) is 12.1 Å². The summed E-state index contributed by atoms with van der Waals surface area (Å²) in [6.45, 7) is 1.80. The van der Waals surface area contributed by atoms with E-state index in [1.165, 1.54) is 12.1 Å². The third-order valence-corrected chi connectivity index (χ3v) is 5.13. The number of likely N-dealkylation sites (N-methyl/N-ethyl adjacent to an activating group) is 1. The van der Waals surface area contributed by atoms with Crippen LogP contribution in [0.2, 0.25) is 0 Å². The Morgan fingerprint density at radius 3 is 2.59 bits per heavy atom. The number of ether oxygens (including phenoxy) is 2. The zero-order chi connectivity index (χ0) is 19.4. The zero-order valence-corrected chi connectivity index (χ0v) is 16.1. The largest absolute Gasteiger partial charge is 0.486 e. The number of carbonyl (C=O) groups excluding carboxylic acids is 1. The van der Waals surface area contributed by atoms with Crippen molar-refractivity contribution in [3.05, 3.63) is 48.0 Å². The number of rotatable bonds is 6. The van der Waals surface area contributed by atoms with Gasteiger partial charge in [-0.05, 0) is 42.9 Å². The molecule has 3 rings (SSSR count). The van der Waals surface area contributed by atoms with Gasteiger partial charge in [0.15, 0.2) is 21.3 Å². The van der Waals surface area contributed by atoms with Crippen molar-refractivity contribution >= 4 is 21.4 Å². The topological polar surface area (TPSA) is 84.9 Å². The Labute approximate surface area is 158 Å². The van der Waals surface area contributed by atoms with E-state index in [2.05, 4.69) is 5.32 Å². The fourth-order valence-corrected chi connectivity index (χ4v) is 3.47. The van der Waals surface area contributed by atoms with Gasteiger partial charge in [-0.15, -0.1) is 0 Å². The molecule has 0 aliphatic carbocycles. The fourth-order valence-electron chi connectivity index (χ4n) is 2.80. The Morgan fingerprint density at radius 1 is 1.11 bits per heavy atom. The second-order valence-electron chi connectivity index (χ2n) is 6.50. The number of fused-ring (bicyclic) bond motifs is 1. The monoisotopic (exact) mass is 390 g/mol. The molecule has 1 aliphatic rings. The van der Waals surface area contributed by atoms with Crippen LogP contribution in [0.3, 0.4) is 0 Å². The maximum Gasteiger partial charge on any atom is 0.238 e. The van der Waals surface area contributed by atoms with Crippen LogP contribution in [0.1, 0.15) is 5.56 Å². The van der Waals surface area contributed by atoms with Crippen LogP contribution in [0.15, 0.2) is 47.4 Å². The molecule has 1 aliphatic heterocycles. The molecule has 1 heterocycles. The van der Waals surface area contributed by atoms with Crippen molar-refractivity contribution in [3.63, 3.8) is 0 Å². The lowest BCUT2D eigenvalue weighted by atomic mass is 10.2. The average Bonchev–Trinajstić information content (AvgIpc) is 2.61. The molecule has 0 aromatic heterocycles. The van der Waals surface area contributed by atoms with Gasteiger partial charge in [0.2, 0.25) is 5.91 Å². The molecule has 0 saturated carbocycles. The van der Waals surface area contributed by atoms with E-state index < -0.39 is 9.84 Å². The van der Waals surface area contributed by atoms with E-state index in [0.29, 0.717) is 31.2 Å². The van der Waals surface area contributed by atoms with Crippen LogP contribution in [-0.4, -0.2) is 52.3 Å². The number of hydrogen-bond acceptors (Lipinski definition) is 6. The Bertz CT molecular complexity index is 943. The minimum absolute atomic E-state index is 0.164. The van der Waals surface area contributed by atoms with Crippen LogP contribution in [0.4, 0.5) is 5.69 Å². The van der Waals surface area contributed by atoms with Gasteiger partial charge in [0, 0.05) is 18.5 Å². The maximum absolute atomic E-state index is 12.3. The molecule has 7 nitrogen and oxygen atoms in total. The number of nitrogens with zero attached hydrogens (tertiary/aromatic N) is 1. The first-order chi connectivity index (χ1) is 12.8. The first-order valence-corrected chi connectivity index (χ1v) is 10.4. The first-order valence-electron chi connectivity index (χ1n) is 8.48. The third-order valence-electron chi connectivity index (χ3n) is 4.02. The molecule has 0 bridgehead atoms. The van der Waals surface area contributed by atoms with Crippen LogP contribution < -0.4 is 14.8 Å². The summed E-state index contributed by atoms with van der Waals surface area (Å²) in [6, 6.07) is 11.9. The van der Waals surface area contributed by atoms with Gasteiger partial charge in [0.05, 0.1) is 11.4 Å². The van der Waals surface area contributed by atoms with E-state index in [1.807, 2.05) is 30.1 Å². The summed E-state index contributed by atoms with van der Waals surface area (Å²) >= 11 is 0. The SMILES string of the molecule is CN(CC(=O)Nc1cccc(S(C)(=O)=O)c1)Cc1ccc2c(c1)OCCO2. The van der Waals surface area contributed by atoms with Gasteiger partial charge in [-0.2, -0.15) is 0 Å². The Hall–Kier alpha value is -2.58. The van der Waals surface area contributed by atoms with Crippen LogP contribution in [0, 0.1) is 0 Å². The molecule has 1 amide bonds. The van der Waals surface area contributed by atoms with Gasteiger partial charge in [0.25, 0.3) is 0 Å². The molecule has 0 atom stereocenters. The van der Waals surface area contributed by atoms with Gasteiger partial charge in [0.1, 0.15) is 13.2 Å². The Balaban J connectivity index is 1.58. The maximum atomic E-state index is 12.3. The molecular formula is C19H22N2O5S. The molecule has 0 radical (unpaired) electrons. The number of carbonyl (C=O) groups is 1. The number of amides is 1. The highest BCUT2D eigenvalue weighted by molar-refractivity contribution is 7.90. The lowest BCUT2D eigenvalue weighted by Gasteiger charge is -2.21. The first kappa shape index (κ1) is 19.2. The molecule has 8 heteroatoms. The van der Waals surface area contributed by atoms with Crippen LogP contribution in [0.25, 0.3) is 0 Å². The van der Waals surface area contributed by atoms with Crippen molar-refractivity contribution in [1.82, 2.24) is 4.90 Å². The van der Waals surface area contributed by atoms with Gasteiger partial charge >= 0.3 is 0 Å². The van der Waals surface area contributed by atoms with Crippen molar-refractivity contribution in [2.75, 3.05) is 38.4 Å². The molecular weight excluding hydrogens is 368 g/mol. The molecule has 144 valence electrons. The van der Waals surface area contributed by atoms with Gasteiger partial charge in [-0.25, -0.2) is 8.42 Å². The molecule has 0 saturated heterocycles. The van der Waals surface area contributed by atoms with E-state index in [-0.39, 0.29) is 17.3 Å². The molecule has 0 spiro atoms. The van der Waals surface area contributed by atoms with Crippen molar-refractivity contribution in [3.8, 4) is 11.5 Å². The van der Waals surface area contributed by atoms with Crippen LogP contribution in [-0.2, 0) is 21.2 Å². The summed E-state index contributed by atoms with van der Waals surface area (Å²) in [6.07, 6.45) is 1.13. The standard InChI is InChI=1S/C19H22N2O5S/c1-21(12-14-6-7-17-18(10-14)26-9-8-25-17)13-19(22)20-15-4-3-5-16(11-15)27(2,23)24/h3-7,10-11H,8-9,12-13H2,1-2H3,(H,20,22). The molecule has 2 aromatic carbocycles. The van der Waals surface area contributed by atoms with E-state index in [4.69, 9.17) is 9.47 Å². The number of nitrogens with one attached hydrogen (secondary N) is 1. The fraction of sp³-hybridized carbons (Fsp3) is 0.316. The summed E-state index contributed by atoms with van der Waals surface area (Å²) < 4.78 is 34.3. The summed E-state index contributed by atoms with van der Waals surface area (Å²) in [5.41, 5.74) is 1.46. The minimum Gasteiger partial charge on any atom is -0.486 e. The van der Waals surface area contributed by atoms with Gasteiger partial charge < -0.3 is 14.8 Å². The number of anilines is 1. The number of benzene rings is 2. The lowest BCUT2D eigenvalue weighted by Crippen LogP contribution is -2.30. The van der Waals surface area contributed by atoms with Gasteiger partial charge in [-0.1, -0.05) is 12.1 Å². The molecule has 2 aromatic rings. The Kier molecular flexibility index (Phi) is 5.67. The normalized spacial score (nSPS) is 13.4. The molecule has 0 fully saturated rings. The summed E-state index contributed by atoms with van der Waals surface area (Å²) in [5.74, 6) is 1.23. The molecule has 1 N–H and O–H groups in total. The summed E-state index contributed by atoms with van der Waals surface area (Å²) in [7, 11) is -1.48. The quantitative estimate of drug-likeness (QED) is 0.811. The van der Waals surface area contributed by atoms with Crippen LogP contribution in [0.5, 0.6) is 11.5 Å². The third kappa shape index (κ3) is 5.21. The zero-order valence-electron chi connectivity index (χ0n) is 15.3. The van der Waals surface area contributed by atoms with Crippen molar-refractivity contribution in [2.24, 2.45) is 0 Å². The lowest BCUT2D eigenvalue weighted by molar-refractivity contribution is -0.117. The second kappa shape index (κ2) is 7.98. The highest BCUT2D eigenvalue weighted by Gasteiger charge is 2.14. The number of sulfone groups is 1. The average molecular weight is 390 g/mol. The Morgan fingerprint density at radius 2 is 1.85 bits per heavy atom.